The van der Waals surface area contributed by atoms with Crippen LogP contribution in [0, 0.1) is 10.1 Å². The van der Waals surface area contributed by atoms with Crippen LogP contribution in [0.15, 0.2) is 53.6 Å². The van der Waals surface area contributed by atoms with E-state index in [0.717, 1.165) is 0 Å². The molecule has 0 aliphatic heterocycles. The van der Waals surface area contributed by atoms with Gasteiger partial charge >= 0.3 is 0 Å². The first-order valence-corrected chi connectivity index (χ1v) is 6.43. The molecule has 0 spiro atoms. The zero-order chi connectivity index (χ0) is 16.1. The van der Waals surface area contributed by atoms with Crippen molar-refractivity contribution in [2.75, 3.05) is 5.73 Å². The Morgan fingerprint density at radius 2 is 1.95 bits per heavy atom. The van der Waals surface area contributed by atoms with Gasteiger partial charge in [-0.1, -0.05) is 24.3 Å². The molecule has 7 nitrogen and oxygen atoms in total. The van der Waals surface area contributed by atoms with E-state index in [4.69, 9.17) is 5.73 Å². The molecule has 112 valence electrons. The minimum atomic E-state index is -0.486. The molecule has 0 unspecified atom stereocenters. The molecule has 7 heteroatoms. The molecule has 2 aromatic carbocycles. The van der Waals surface area contributed by atoms with Crippen molar-refractivity contribution >= 4 is 23.0 Å². The lowest BCUT2D eigenvalue weighted by molar-refractivity contribution is -0.384. The molecule has 0 aliphatic rings. The first kappa shape index (κ1) is 15.2. The number of nitrogens with one attached hydrogen (secondary N) is 1. The highest BCUT2D eigenvalue weighted by Gasteiger charge is 2.10. The Labute approximate surface area is 126 Å². The van der Waals surface area contributed by atoms with E-state index in [9.17, 15) is 14.9 Å². The van der Waals surface area contributed by atoms with E-state index in [-0.39, 0.29) is 5.69 Å². The van der Waals surface area contributed by atoms with Gasteiger partial charge in [0.05, 0.1) is 16.2 Å². The van der Waals surface area contributed by atoms with Gasteiger partial charge in [0, 0.05) is 23.4 Å². The molecule has 22 heavy (non-hydrogen) atoms. The summed E-state index contributed by atoms with van der Waals surface area (Å²) < 4.78 is 0. The number of anilines is 1. The van der Waals surface area contributed by atoms with Gasteiger partial charge in [-0.15, -0.1) is 0 Å². The lowest BCUT2D eigenvalue weighted by Gasteiger charge is -2.05. The second kappa shape index (κ2) is 6.49. The van der Waals surface area contributed by atoms with Crippen LogP contribution < -0.4 is 11.2 Å². The van der Waals surface area contributed by atoms with Gasteiger partial charge in [0.15, 0.2) is 0 Å². The topological polar surface area (TPSA) is 111 Å². The van der Waals surface area contributed by atoms with Gasteiger partial charge in [-0.2, -0.15) is 5.10 Å². The maximum atomic E-state index is 12.0. The predicted molar refractivity (Wildman–Crippen MR) is 83.6 cm³/mol. The van der Waals surface area contributed by atoms with Gasteiger partial charge in [0.2, 0.25) is 0 Å². The molecule has 0 atom stereocenters. The van der Waals surface area contributed by atoms with E-state index < -0.39 is 10.8 Å². The van der Waals surface area contributed by atoms with Crippen LogP contribution in [0.1, 0.15) is 22.8 Å². The lowest BCUT2D eigenvalue weighted by Crippen LogP contribution is -2.20. The molecule has 0 bridgehead atoms. The first-order chi connectivity index (χ1) is 10.5. The number of amides is 1. The fourth-order valence-electron chi connectivity index (χ4n) is 1.81. The van der Waals surface area contributed by atoms with Crippen molar-refractivity contribution in [2.24, 2.45) is 5.10 Å². The highest BCUT2D eigenvalue weighted by molar-refractivity contribution is 6.02. The first-order valence-electron chi connectivity index (χ1n) is 6.43. The van der Waals surface area contributed by atoms with Gasteiger partial charge in [0.25, 0.3) is 11.6 Å². The number of nitrogens with zero attached hydrogens (tertiary/aromatic N) is 2. The molecule has 0 saturated carbocycles. The molecule has 0 aromatic heterocycles. The summed E-state index contributed by atoms with van der Waals surface area (Å²) in [5, 5.41) is 14.7. The number of non-ortho nitro benzene ring substituents is 1. The third-order valence-corrected chi connectivity index (χ3v) is 3.01. The zero-order valence-corrected chi connectivity index (χ0v) is 11.8. The van der Waals surface area contributed by atoms with Gasteiger partial charge in [-0.05, 0) is 19.1 Å². The quantitative estimate of drug-likeness (QED) is 0.390. The Balaban J connectivity index is 2.16. The van der Waals surface area contributed by atoms with Crippen molar-refractivity contribution in [3.8, 4) is 0 Å². The minimum absolute atomic E-state index is 0.0364. The van der Waals surface area contributed by atoms with Crippen molar-refractivity contribution in [3.05, 3.63) is 69.8 Å². The molecule has 0 radical (unpaired) electrons. The molecule has 3 N–H and O–H groups in total. The SMILES string of the molecule is C/C(=N/NC(=O)c1ccccc1N)c1cccc([N+](=O)[O-])c1. The molecule has 0 heterocycles. The Hall–Kier alpha value is -3.22. The minimum Gasteiger partial charge on any atom is -0.398 e. The number of hydrogen-bond donors (Lipinski definition) is 2. The van der Waals surface area contributed by atoms with Crippen molar-refractivity contribution in [3.63, 3.8) is 0 Å². The molecule has 1 amide bonds. The predicted octanol–water partition coefficient (Wildman–Crippen LogP) is 2.33. The standard InChI is InChI=1S/C15H14N4O3/c1-10(11-5-4-6-12(9-11)19(21)22)17-18-15(20)13-7-2-3-8-14(13)16/h2-9H,16H2,1H3,(H,18,20)/b17-10-. The van der Waals surface area contributed by atoms with Crippen molar-refractivity contribution in [2.45, 2.75) is 6.92 Å². The Morgan fingerprint density at radius 1 is 1.23 bits per heavy atom. The van der Waals surface area contributed by atoms with E-state index >= 15 is 0 Å². The van der Waals surface area contributed by atoms with E-state index in [0.29, 0.717) is 22.5 Å². The van der Waals surface area contributed by atoms with E-state index in [2.05, 4.69) is 10.5 Å². The number of nitro benzene ring substituents is 1. The summed E-state index contributed by atoms with van der Waals surface area (Å²) in [6, 6.07) is 12.6. The normalized spacial score (nSPS) is 11.0. The van der Waals surface area contributed by atoms with E-state index in [1.165, 1.54) is 12.1 Å². The summed E-state index contributed by atoms with van der Waals surface area (Å²) in [6.45, 7) is 1.65. The highest BCUT2D eigenvalue weighted by Crippen LogP contribution is 2.14. The van der Waals surface area contributed by atoms with Crippen LogP contribution in [0.3, 0.4) is 0 Å². The molecule has 0 saturated heterocycles. The lowest BCUT2D eigenvalue weighted by atomic mass is 10.1. The number of rotatable bonds is 4. The van der Waals surface area contributed by atoms with Gasteiger partial charge < -0.3 is 5.73 Å². The third-order valence-electron chi connectivity index (χ3n) is 3.01. The van der Waals surface area contributed by atoms with Gasteiger partial charge in [-0.25, -0.2) is 5.43 Å². The second-order valence-corrected chi connectivity index (χ2v) is 4.53. The third kappa shape index (κ3) is 3.45. The van der Waals surface area contributed by atoms with Crippen LogP contribution in [0.2, 0.25) is 0 Å². The zero-order valence-electron chi connectivity index (χ0n) is 11.8. The summed E-state index contributed by atoms with van der Waals surface area (Å²) in [5.41, 5.74) is 9.73. The van der Waals surface area contributed by atoms with Crippen LogP contribution in [0.4, 0.5) is 11.4 Å². The smallest absolute Gasteiger partial charge is 0.273 e. The van der Waals surface area contributed by atoms with Crippen molar-refractivity contribution in [1.82, 2.24) is 5.43 Å². The number of para-hydroxylation sites is 1. The molecular weight excluding hydrogens is 284 g/mol. The summed E-state index contributed by atoms with van der Waals surface area (Å²) in [6.07, 6.45) is 0. The van der Waals surface area contributed by atoms with Gasteiger partial charge in [0.1, 0.15) is 0 Å². The number of hydrazone groups is 1. The maximum absolute atomic E-state index is 12.0. The number of carbonyl (C=O) groups excluding carboxylic acids is 1. The average molecular weight is 298 g/mol. The summed E-state index contributed by atoms with van der Waals surface area (Å²) in [4.78, 5) is 22.2. The Morgan fingerprint density at radius 3 is 2.64 bits per heavy atom. The fraction of sp³-hybridized carbons (Fsp3) is 0.0667. The summed E-state index contributed by atoms with van der Waals surface area (Å²) in [7, 11) is 0. The Kier molecular flexibility index (Phi) is 4.47. The number of hydrogen-bond acceptors (Lipinski definition) is 5. The van der Waals surface area contributed by atoms with Crippen molar-refractivity contribution in [1.29, 1.82) is 0 Å². The molecule has 0 aliphatic carbocycles. The molecular formula is C15H14N4O3. The molecule has 2 rings (SSSR count). The Bertz CT molecular complexity index is 756. The monoisotopic (exact) mass is 298 g/mol. The van der Waals surface area contributed by atoms with Crippen LogP contribution in [-0.4, -0.2) is 16.5 Å². The highest BCUT2D eigenvalue weighted by atomic mass is 16.6. The molecule has 0 fully saturated rings. The number of benzene rings is 2. The van der Waals surface area contributed by atoms with Crippen LogP contribution in [-0.2, 0) is 0 Å². The molecule has 2 aromatic rings. The second-order valence-electron chi connectivity index (χ2n) is 4.53. The number of nitrogens with two attached hydrogens (primary N) is 1. The van der Waals surface area contributed by atoms with Gasteiger partial charge in [-0.3, -0.25) is 14.9 Å². The van der Waals surface area contributed by atoms with Crippen LogP contribution in [0.25, 0.3) is 0 Å². The van der Waals surface area contributed by atoms with Crippen LogP contribution >= 0.6 is 0 Å². The summed E-state index contributed by atoms with van der Waals surface area (Å²) >= 11 is 0. The largest absolute Gasteiger partial charge is 0.398 e. The van der Waals surface area contributed by atoms with E-state index in [1.54, 1.807) is 43.3 Å². The number of nitro groups is 1. The van der Waals surface area contributed by atoms with E-state index in [1.807, 2.05) is 0 Å². The van der Waals surface area contributed by atoms with Crippen LogP contribution in [0.5, 0.6) is 0 Å². The summed E-state index contributed by atoms with van der Waals surface area (Å²) in [5.74, 6) is -0.442. The fourth-order valence-corrected chi connectivity index (χ4v) is 1.81. The van der Waals surface area contributed by atoms with Crippen molar-refractivity contribution < 1.29 is 9.72 Å². The number of carbonyl (C=O) groups is 1. The maximum Gasteiger partial charge on any atom is 0.273 e. The average Bonchev–Trinajstić information content (AvgIpc) is 2.52. The number of nitrogen functional groups attached to an aromatic ring is 1.